The van der Waals surface area contributed by atoms with Crippen LogP contribution in [-0.2, 0) is 0 Å². The fourth-order valence-electron chi connectivity index (χ4n) is 2.05. The van der Waals surface area contributed by atoms with Gasteiger partial charge in [-0.1, -0.05) is 6.07 Å². The molecular formula is C14H16BrN3O. The van der Waals surface area contributed by atoms with Gasteiger partial charge in [0.15, 0.2) is 0 Å². The number of ether oxygens (including phenoxy) is 1. The highest BCUT2D eigenvalue weighted by atomic mass is 79.9. The Bertz CT molecular complexity index is 574. The molecule has 0 amide bonds. The van der Waals surface area contributed by atoms with E-state index >= 15 is 0 Å². The number of aryl methyl sites for hydroxylation is 1. The van der Waals surface area contributed by atoms with Crippen LogP contribution in [0.5, 0.6) is 5.75 Å². The average Bonchev–Trinajstić information content (AvgIpc) is 2.41. The van der Waals surface area contributed by atoms with Crippen molar-refractivity contribution in [1.29, 1.82) is 0 Å². The zero-order chi connectivity index (χ0) is 13.8. The maximum absolute atomic E-state index is 5.70. The quantitative estimate of drug-likeness (QED) is 0.671. The Morgan fingerprint density at radius 2 is 2.11 bits per heavy atom. The summed E-state index contributed by atoms with van der Waals surface area (Å²) in [7, 11) is 1.66. The summed E-state index contributed by atoms with van der Waals surface area (Å²) in [6.07, 6.45) is 3.55. The van der Waals surface area contributed by atoms with Crippen molar-refractivity contribution in [3.05, 3.63) is 57.8 Å². The van der Waals surface area contributed by atoms with Crippen LogP contribution in [0.2, 0.25) is 0 Å². The Morgan fingerprint density at radius 1 is 1.32 bits per heavy atom. The van der Waals surface area contributed by atoms with E-state index in [0.717, 1.165) is 26.9 Å². The van der Waals surface area contributed by atoms with Crippen LogP contribution in [-0.4, -0.2) is 12.1 Å². The number of hydrogen-bond acceptors (Lipinski definition) is 4. The van der Waals surface area contributed by atoms with Crippen molar-refractivity contribution >= 4 is 15.9 Å². The number of nitrogens with one attached hydrogen (secondary N) is 1. The van der Waals surface area contributed by atoms with Crippen molar-refractivity contribution in [2.75, 3.05) is 7.11 Å². The van der Waals surface area contributed by atoms with Crippen molar-refractivity contribution < 1.29 is 4.74 Å². The number of hydrazine groups is 1. The van der Waals surface area contributed by atoms with E-state index in [4.69, 9.17) is 10.6 Å². The van der Waals surface area contributed by atoms with E-state index < -0.39 is 0 Å². The molecule has 1 aromatic carbocycles. The zero-order valence-corrected chi connectivity index (χ0v) is 12.4. The lowest BCUT2D eigenvalue weighted by atomic mass is 9.96. The number of nitrogens with zero attached hydrogens (tertiary/aromatic N) is 1. The summed E-state index contributed by atoms with van der Waals surface area (Å²) in [6, 6.07) is 7.83. The second-order valence-corrected chi connectivity index (χ2v) is 5.17. The molecule has 19 heavy (non-hydrogen) atoms. The first kappa shape index (κ1) is 14.0. The summed E-state index contributed by atoms with van der Waals surface area (Å²) in [5.74, 6) is 6.54. The third-order valence-electron chi connectivity index (χ3n) is 3.01. The third-order valence-corrected chi connectivity index (χ3v) is 3.45. The van der Waals surface area contributed by atoms with Gasteiger partial charge in [0.05, 0.1) is 13.2 Å². The van der Waals surface area contributed by atoms with Crippen molar-refractivity contribution in [1.82, 2.24) is 10.4 Å². The number of benzene rings is 1. The molecule has 3 N–H and O–H groups in total. The smallest absolute Gasteiger partial charge is 0.119 e. The molecule has 5 heteroatoms. The van der Waals surface area contributed by atoms with Gasteiger partial charge in [0, 0.05) is 16.9 Å². The normalized spacial score (nSPS) is 12.2. The first-order valence-corrected chi connectivity index (χ1v) is 6.66. The van der Waals surface area contributed by atoms with Crippen molar-refractivity contribution in [3.63, 3.8) is 0 Å². The van der Waals surface area contributed by atoms with E-state index in [1.165, 1.54) is 0 Å². The minimum Gasteiger partial charge on any atom is -0.497 e. The van der Waals surface area contributed by atoms with Gasteiger partial charge in [0.25, 0.3) is 0 Å². The Morgan fingerprint density at radius 3 is 2.68 bits per heavy atom. The van der Waals surface area contributed by atoms with Gasteiger partial charge >= 0.3 is 0 Å². The molecule has 0 bridgehead atoms. The number of aromatic nitrogens is 1. The van der Waals surface area contributed by atoms with Gasteiger partial charge in [-0.3, -0.25) is 10.8 Å². The van der Waals surface area contributed by atoms with Crippen LogP contribution in [0.4, 0.5) is 0 Å². The predicted octanol–water partition coefficient (Wildman–Crippen LogP) is 2.71. The van der Waals surface area contributed by atoms with Crippen molar-refractivity contribution in [3.8, 4) is 5.75 Å². The summed E-state index contributed by atoms with van der Waals surface area (Å²) in [6.45, 7) is 2.04. The minimum atomic E-state index is -0.101. The van der Waals surface area contributed by atoms with Crippen LogP contribution >= 0.6 is 15.9 Å². The minimum absolute atomic E-state index is 0.101. The van der Waals surface area contributed by atoms with Crippen molar-refractivity contribution in [2.24, 2.45) is 5.84 Å². The Kier molecular flexibility index (Phi) is 4.52. The van der Waals surface area contributed by atoms with Gasteiger partial charge in [-0.2, -0.15) is 0 Å². The molecule has 0 radical (unpaired) electrons. The van der Waals surface area contributed by atoms with Crippen LogP contribution in [0.3, 0.4) is 0 Å². The molecule has 0 fully saturated rings. The van der Waals surface area contributed by atoms with Crippen LogP contribution in [0.15, 0.2) is 41.1 Å². The molecule has 1 atom stereocenters. The largest absolute Gasteiger partial charge is 0.497 e. The number of nitrogens with two attached hydrogens (primary N) is 1. The second kappa shape index (κ2) is 6.14. The Labute approximate surface area is 121 Å². The van der Waals surface area contributed by atoms with E-state index in [-0.39, 0.29) is 6.04 Å². The molecule has 1 heterocycles. The molecule has 0 aliphatic carbocycles. The number of pyridine rings is 1. The van der Waals surface area contributed by atoms with Crippen LogP contribution < -0.4 is 16.0 Å². The van der Waals surface area contributed by atoms with Gasteiger partial charge < -0.3 is 4.74 Å². The summed E-state index contributed by atoms with van der Waals surface area (Å²) < 4.78 is 6.14. The van der Waals surface area contributed by atoms with Crippen LogP contribution in [0.25, 0.3) is 0 Å². The monoisotopic (exact) mass is 321 g/mol. The number of rotatable bonds is 4. The number of methoxy groups -OCH3 is 1. The molecule has 2 aromatic rings. The first-order chi connectivity index (χ1) is 9.15. The van der Waals surface area contributed by atoms with E-state index in [2.05, 4.69) is 26.3 Å². The highest BCUT2D eigenvalue weighted by molar-refractivity contribution is 9.10. The van der Waals surface area contributed by atoms with Gasteiger partial charge in [0.2, 0.25) is 0 Å². The zero-order valence-electron chi connectivity index (χ0n) is 10.9. The van der Waals surface area contributed by atoms with E-state index in [0.29, 0.717) is 0 Å². The van der Waals surface area contributed by atoms with Gasteiger partial charge in [0.1, 0.15) is 5.75 Å². The summed E-state index contributed by atoms with van der Waals surface area (Å²) >= 11 is 3.42. The summed E-state index contributed by atoms with van der Waals surface area (Å²) in [5, 5.41) is 0. The standard InChI is InChI=1S/C14H16BrN3O/c1-9-5-12(19-2)3-4-13(9)14(18-16)10-6-11(15)8-17-7-10/h3-8,14,18H,16H2,1-2H3. The molecule has 0 aliphatic rings. The number of halogens is 1. The average molecular weight is 322 g/mol. The second-order valence-electron chi connectivity index (χ2n) is 4.26. The van der Waals surface area contributed by atoms with Crippen molar-refractivity contribution in [2.45, 2.75) is 13.0 Å². The molecular weight excluding hydrogens is 306 g/mol. The molecule has 2 rings (SSSR count). The molecule has 0 saturated carbocycles. The fraction of sp³-hybridized carbons (Fsp3) is 0.214. The van der Waals surface area contributed by atoms with Crippen LogP contribution in [0.1, 0.15) is 22.7 Å². The molecule has 1 aromatic heterocycles. The van der Waals surface area contributed by atoms with E-state index in [1.54, 1.807) is 19.5 Å². The maximum atomic E-state index is 5.70. The van der Waals surface area contributed by atoms with Gasteiger partial charge in [-0.05, 0) is 57.7 Å². The topological polar surface area (TPSA) is 60.2 Å². The summed E-state index contributed by atoms with van der Waals surface area (Å²) in [4.78, 5) is 4.17. The maximum Gasteiger partial charge on any atom is 0.119 e. The van der Waals surface area contributed by atoms with Crippen LogP contribution in [0, 0.1) is 6.92 Å². The molecule has 0 aliphatic heterocycles. The molecule has 0 saturated heterocycles. The SMILES string of the molecule is COc1ccc(C(NN)c2cncc(Br)c2)c(C)c1. The lowest BCUT2D eigenvalue weighted by molar-refractivity contribution is 0.414. The molecule has 1 unspecified atom stereocenters. The highest BCUT2D eigenvalue weighted by Gasteiger charge is 2.15. The molecule has 4 nitrogen and oxygen atoms in total. The van der Waals surface area contributed by atoms with Gasteiger partial charge in [-0.15, -0.1) is 0 Å². The van der Waals surface area contributed by atoms with E-state index in [9.17, 15) is 0 Å². The Hall–Kier alpha value is -1.43. The van der Waals surface area contributed by atoms with Gasteiger partial charge in [-0.25, -0.2) is 5.43 Å². The fourth-order valence-corrected chi connectivity index (χ4v) is 2.43. The lowest BCUT2D eigenvalue weighted by Crippen LogP contribution is -2.29. The molecule has 0 spiro atoms. The summed E-state index contributed by atoms with van der Waals surface area (Å²) in [5.41, 5.74) is 6.06. The first-order valence-electron chi connectivity index (χ1n) is 5.87. The number of hydrogen-bond donors (Lipinski definition) is 2. The Balaban J connectivity index is 2.42. The third kappa shape index (κ3) is 3.12. The van der Waals surface area contributed by atoms with E-state index in [1.807, 2.05) is 31.2 Å². The molecule has 100 valence electrons. The predicted molar refractivity (Wildman–Crippen MR) is 78.8 cm³/mol. The highest BCUT2D eigenvalue weighted by Crippen LogP contribution is 2.27. The lowest BCUT2D eigenvalue weighted by Gasteiger charge is -2.19.